The average molecular weight is 271 g/mol. The van der Waals surface area contributed by atoms with Gasteiger partial charge in [0, 0.05) is 18.9 Å². The predicted molar refractivity (Wildman–Crippen MR) is 75.3 cm³/mol. The predicted octanol–water partition coefficient (Wildman–Crippen LogP) is 1.33. The molecule has 0 bridgehead atoms. The maximum atomic E-state index is 12.2. The van der Waals surface area contributed by atoms with E-state index in [0.29, 0.717) is 12.2 Å². The van der Waals surface area contributed by atoms with Crippen LogP contribution in [0.1, 0.15) is 19.3 Å². The summed E-state index contributed by atoms with van der Waals surface area (Å²) in [6.07, 6.45) is 9.65. The fraction of sp³-hybridized carbons (Fsp3) is 0.357. The third kappa shape index (κ3) is 2.18. The van der Waals surface area contributed by atoms with Crippen molar-refractivity contribution >= 4 is 11.6 Å². The topological polar surface area (TPSA) is 85.8 Å². The molecule has 20 heavy (non-hydrogen) atoms. The molecule has 6 heteroatoms. The second-order valence-electron chi connectivity index (χ2n) is 5.17. The van der Waals surface area contributed by atoms with E-state index in [2.05, 4.69) is 15.3 Å². The van der Waals surface area contributed by atoms with Gasteiger partial charge in [0.1, 0.15) is 12.1 Å². The van der Waals surface area contributed by atoms with Crippen molar-refractivity contribution in [2.45, 2.75) is 19.3 Å². The molecule has 1 aliphatic rings. The van der Waals surface area contributed by atoms with Gasteiger partial charge in [-0.3, -0.25) is 9.36 Å². The van der Waals surface area contributed by atoms with Crippen LogP contribution in [0.3, 0.4) is 0 Å². The highest BCUT2D eigenvalue weighted by atomic mass is 16.2. The van der Waals surface area contributed by atoms with Crippen molar-refractivity contribution in [3.8, 4) is 5.82 Å². The first-order chi connectivity index (χ1) is 9.73. The van der Waals surface area contributed by atoms with E-state index in [9.17, 15) is 4.79 Å². The number of carbonyl (C=O) groups is 1. The number of hydrogen-bond acceptors (Lipinski definition) is 4. The van der Waals surface area contributed by atoms with E-state index in [4.69, 9.17) is 5.73 Å². The SMILES string of the molecule is NCC1(C(=O)Nc2ccc(-n3ccnc3)nc2)CCC1. The van der Waals surface area contributed by atoms with E-state index in [1.807, 2.05) is 18.3 Å². The Bertz CT molecular complexity index is 581. The number of nitrogens with two attached hydrogens (primary N) is 1. The molecule has 1 aliphatic carbocycles. The van der Waals surface area contributed by atoms with Crippen LogP contribution < -0.4 is 11.1 Å². The zero-order valence-corrected chi connectivity index (χ0v) is 11.1. The zero-order valence-electron chi connectivity index (χ0n) is 11.1. The largest absolute Gasteiger partial charge is 0.329 e. The van der Waals surface area contributed by atoms with Crippen LogP contribution in [-0.4, -0.2) is 27.0 Å². The van der Waals surface area contributed by atoms with Crippen LogP contribution >= 0.6 is 0 Å². The molecule has 3 rings (SSSR count). The molecule has 0 unspecified atom stereocenters. The molecule has 0 spiro atoms. The van der Waals surface area contributed by atoms with Crippen molar-refractivity contribution in [1.29, 1.82) is 0 Å². The monoisotopic (exact) mass is 271 g/mol. The molecule has 6 nitrogen and oxygen atoms in total. The van der Waals surface area contributed by atoms with Gasteiger partial charge in [-0.1, -0.05) is 6.42 Å². The number of carbonyl (C=O) groups excluding carboxylic acids is 1. The number of amides is 1. The van der Waals surface area contributed by atoms with Gasteiger partial charge < -0.3 is 11.1 Å². The Morgan fingerprint density at radius 2 is 2.30 bits per heavy atom. The summed E-state index contributed by atoms with van der Waals surface area (Å²) in [6.45, 7) is 0.402. The molecule has 1 amide bonds. The van der Waals surface area contributed by atoms with Crippen LogP contribution in [-0.2, 0) is 4.79 Å². The van der Waals surface area contributed by atoms with Gasteiger partial charge in [-0.05, 0) is 25.0 Å². The van der Waals surface area contributed by atoms with Crippen LogP contribution in [0.5, 0.6) is 0 Å². The number of pyridine rings is 1. The van der Waals surface area contributed by atoms with E-state index >= 15 is 0 Å². The average Bonchev–Trinajstić information content (AvgIpc) is 2.93. The lowest BCUT2D eigenvalue weighted by Gasteiger charge is -2.39. The Balaban J connectivity index is 1.71. The normalized spacial score (nSPS) is 16.4. The minimum absolute atomic E-state index is 0.00318. The lowest BCUT2D eigenvalue weighted by atomic mass is 9.68. The Morgan fingerprint density at radius 1 is 1.45 bits per heavy atom. The maximum Gasteiger partial charge on any atom is 0.231 e. The van der Waals surface area contributed by atoms with E-state index < -0.39 is 0 Å². The first-order valence-electron chi connectivity index (χ1n) is 6.69. The molecule has 0 saturated heterocycles. The highest BCUT2D eigenvalue weighted by molar-refractivity contribution is 5.96. The van der Waals surface area contributed by atoms with Crippen molar-refractivity contribution in [2.75, 3.05) is 11.9 Å². The Morgan fingerprint density at radius 3 is 2.80 bits per heavy atom. The molecule has 104 valence electrons. The van der Waals surface area contributed by atoms with Crippen molar-refractivity contribution in [2.24, 2.45) is 11.1 Å². The first-order valence-corrected chi connectivity index (χ1v) is 6.69. The fourth-order valence-corrected chi connectivity index (χ4v) is 2.40. The van der Waals surface area contributed by atoms with Crippen LogP contribution in [0.15, 0.2) is 37.1 Å². The summed E-state index contributed by atoms with van der Waals surface area (Å²) in [5.74, 6) is 0.765. The molecule has 0 atom stereocenters. The third-order valence-corrected chi connectivity index (χ3v) is 3.96. The quantitative estimate of drug-likeness (QED) is 0.878. The van der Waals surface area contributed by atoms with Crippen LogP contribution in [0.4, 0.5) is 5.69 Å². The minimum atomic E-state index is -0.372. The lowest BCUT2D eigenvalue weighted by Crippen LogP contribution is -2.47. The number of rotatable bonds is 4. The minimum Gasteiger partial charge on any atom is -0.329 e. The second kappa shape index (κ2) is 5.05. The van der Waals surface area contributed by atoms with Gasteiger partial charge in [0.15, 0.2) is 0 Å². The van der Waals surface area contributed by atoms with E-state index in [0.717, 1.165) is 25.1 Å². The number of aromatic nitrogens is 3. The highest BCUT2D eigenvalue weighted by Crippen LogP contribution is 2.40. The van der Waals surface area contributed by atoms with Crippen molar-refractivity contribution in [1.82, 2.24) is 14.5 Å². The standard InChI is InChI=1S/C14H17N5O/c15-9-14(4-1-5-14)13(20)18-11-2-3-12(17-8-11)19-7-6-16-10-19/h2-3,6-8,10H,1,4-5,9,15H2,(H,18,20). The molecular formula is C14H17N5O. The molecule has 2 aromatic heterocycles. The van der Waals surface area contributed by atoms with Crippen molar-refractivity contribution < 1.29 is 4.79 Å². The summed E-state index contributed by atoms with van der Waals surface area (Å²) in [7, 11) is 0. The van der Waals surface area contributed by atoms with E-state index in [-0.39, 0.29) is 11.3 Å². The molecule has 1 saturated carbocycles. The number of anilines is 1. The Labute approximate surface area is 117 Å². The lowest BCUT2D eigenvalue weighted by molar-refractivity contribution is -0.129. The number of nitrogens with zero attached hydrogens (tertiary/aromatic N) is 3. The van der Waals surface area contributed by atoms with Gasteiger partial charge in [0.05, 0.1) is 17.3 Å². The van der Waals surface area contributed by atoms with Crippen LogP contribution in [0.25, 0.3) is 5.82 Å². The molecule has 2 heterocycles. The van der Waals surface area contributed by atoms with Gasteiger partial charge in [0.25, 0.3) is 0 Å². The fourth-order valence-electron chi connectivity index (χ4n) is 2.40. The molecule has 0 radical (unpaired) electrons. The summed E-state index contributed by atoms with van der Waals surface area (Å²) in [6, 6.07) is 3.68. The third-order valence-electron chi connectivity index (χ3n) is 3.96. The molecule has 0 aliphatic heterocycles. The summed E-state index contributed by atoms with van der Waals surface area (Å²) < 4.78 is 1.80. The van der Waals surface area contributed by atoms with Gasteiger partial charge in [-0.15, -0.1) is 0 Å². The molecular weight excluding hydrogens is 254 g/mol. The second-order valence-corrected chi connectivity index (χ2v) is 5.17. The molecule has 1 fully saturated rings. The number of imidazole rings is 1. The summed E-state index contributed by atoms with van der Waals surface area (Å²) >= 11 is 0. The summed E-state index contributed by atoms with van der Waals surface area (Å²) in [5, 5.41) is 2.90. The van der Waals surface area contributed by atoms with E-state index in [1.165, 1.54) is 0 Å². The number of hydrogen-bond donors (Lipinski definition) is 2. The summed E-state index contributed by atoms with van der Waals surface area (Å²) in [5.41, 5.74) is 6.05. The molecule has 2 aromatic rings. The van der Waals surface area contributed by atoms with Crippen LogP contribution in [0.2, 0.25) is 0 Å². The maximum absolute atomic E-state index is 12.2. The smallest absolute Gasteiger partial charge is 0.231 e. The zero-order chi connectivity index (χ0) is 14.0. The van der Waals surface area contributed by atoms with Gasteiger partial charge >= 0.3 is 0 Å². The number of nitrogens with one attached hydrogen (secondary N) is 1. The Kier molecular flexibility index (Phi) is 3.23. The molecule has 0 aromatic carbocycles. The van der Waals surface area contributed by atoms with Crippen LogP contribution in [0, 0.1) is 5.41 Å². The highest BCUT2D eigenvalue weighted by Gasteiger charge is 2.42. The van der Waals surface area contributed by atoms with Gasteiger partial charge in [0.2, 0.25) is 5.91 Å². The van der Waals surface area contributed by atoms with E-state index in [1.54, 1.807) is 23.3 Å². The van der Waals surface area contributed by atoms with Crippen molar-refractivity contribution in [3.05, 3.63) is 37.1 Å². The molecule has 3 N–H and O–H groups in total. The first kappa shape index (κ1) is 12.8. The summed E-state index contributed by atoms with van der Waals surface area (Å²) in [4.78, 5) is 20.5. The van der Waals surface area contributed by atoms with Gasteiger partial charge in [-0.25, -0.2) is 9.97 Å². The van der Waals surface area contributed by atoms with Gasteiger partial charge in [-0.2, -0.15) is 0 Å². The Hall–Kier alpha value is -2.21. The van der Waals surface area contributed by atoms with Crippen molar-refractivity contribution in [3.63, 3.8) is 0 Å².